The minimum atomic E-state index is 0.532. The Morgan fingerprint density at radius 2 is 2.00 bits per heavy atom. The summed E-state index contributed by atoms with van der Waals surface area (Å²) in [6.45, 7) is 6.87. The molecular formula is C17H22ClN3. The highest BCUT2D eigenvalue weighted by Gasteiger charge is 2.21. The summed E-state index contributed by atoms with van der Waals surface area (Å²) in [6.07, 6.45) is 4.16. The number of halogens is 1. The number of hydrogen-bond acceptors (Lipinski definition) is 3. The van der Waals surface area contributed by atoms with Crippen molar-refractivity contribution in [1.82, 2.24) is 9.88 Å². The SMILES string of the molecule is CC(C)N1CCC(Nc2ccc(Cl)c3ncccc23)CC1. The van der Waals surface area contributed by atoms with Crippen LogP contribution in [0.2, 0.25) is 5.02 Å². The predicted octanol–water partition coefficient (Wildman–Crippen LogP) is 4.17. The van der Waals surface area contributed by atoms with E-state index in [1.807, 2.05) is 12.1 Å². The van der Waals surface area contributed by atoms with Crippen LogP contribution < -0.4 is 5.32 Å². The number of piperidine rings is 1. The van der Waals surface area contributed by atoms with Crippen LogP contribution in [0.15, 0.2) is 30.5 Å². The summed E-state index contributed by atoms with van der Waals surface area (Å²) in [6, 6.07) is 9.23. The van der Waals surface area contributed by atoms with Crippen LogP contribution in [0.3, 0.4) is 0 Å². The summed E-state index contributed by atoms with van der Waals surface area (Å²) >= 11 is 6.23. The van der Waals surface area contributed by atoms with Crippen LogP contribution >= 0.6 is 11.6 Å². The van der Waals surface area contributed by atoms with E-state index < -0.39 is 0 Å². The molecule has 4 heteroatoms. The number of anilines is 1. The van der Waals surface area contributed by atoms with Gasteiger partial charge in [0.15, 0.2) is 0 Å². The summed E-state index contributed by atoms with van der Waals surface area (Å²) in [4.78, 5) is 6.93. The third-order valence-electron chi connectivity index (χ3n) is 4.34. The van der Waals surface area contributed by atoms with Gasteiger partial charge >= 0.3 is 0 Å². The molecule has 1 aromatic heterocycles. The van der Waals surface area contributed by atoms with E-state index in [1.165, 1.54) is 25.9 Å². The van der Waals surface area contributed by atoms with Crippen LogP contribution in [0.5, 0.6) is 0 Å². The van der Waals surface area contributed by atoms with E-state index in [0.29, 0.717) is 17.1 Å². The van der Waals surface area contributed by atoms with Crippen LogP contribution in [0, 0.1) is 0 Å². The number of fused-ring (bicyclic) bond motifs is 1. The minimum Gasteiger partial charge on any atom is -0.382 e. The van der Waals surface area contributed by atoms with Gasteiger partial charge in [0, 0.05) is 42.4 Å². The van der Waals surface area contributed by atoms with Crippen molar-refractivity contribution in [2.45, 2.75) is 38.8 Å². The van der Waals surface area contributed by atoms with Crippen molar-refractivity contribution in [3.05, 3.63) is 35.5 Å². The quantitative estimate of drug-likeness (QED) is 0.922. The lowest BCUT2D eigenvalue weighted by atomic mass is 10.0. The van der Waals surface area contributed by atoms with Gasteiger partial charge in [0.05, 0.1) is 10.5 Å². The average Bonchev–Trinajstić information content (AvgIpc) is 2.51. The number of pyridine rings is 1. The molecule has 0 aliphatic carbocycles. The molecule has 1 saturated heterocycles. The second-order valence-corrected chi connectivity index (χ2v) is 6.45. The van der Waals surface area contributed by atoms with Gasteiger partial charge in [-0.3, -0.25) is 4.98 Å². The summed E-state index contributed by atoms with van der Waals surface area (Å²) in [7, 11) is 0. The number of aromatic nitrogens is 1. The predicted molar refractivity (Wildman–Crippen MR) is 90.1 cm³/mol. The summed E-state index contributed by atoms with van der Waals surface area (Å²) in [5.74, 6) is 0. The molecule has 0 radical (unpaired) electrons. The summed E-state index contributed by atoms with van der Waals surface area (Å²) < 4.78 is 0. The smallest absolute Gasteiger partial charge is 0.0908 e. The van der Waals surface area contributed by atoms with Gasteiger partial charge in [-0.1, -0.05) is 11.6 Å². The van der Waals surface area contributed by atoms with E-state index in [9.17, 15) is 0 Å². The number of nitrogens with one attached hydrogen (secondary N) is 1. The second kappa shape index (κ2) is 6.20. The molecule has 0 spiro atoms. The van der Waals surface area contributed by atoms with Crippen molar-refractivity contribution >= 4 is 28.2 Å². The zero-order valence-electron chi connectivity index (χ0n) is 12.6. The number of likely N-dealkylation sites (tertiary alicyclic amines) is 1. The third-order valence-corrected chi connectivity index (χ3v) is 4.64. The lowest BCUT2D eigenvalue weighted by molar-refractivity contribution is 0.177. The Morgan fingerprint density at radius 1 is 1.24 bits per heavy atom. The number of hydrogen-bond donors (Lipinski definition) is 1. The van der Waals surface area contributed by atoms with Crippen molar-refractivity contribution in [2.24, 2.45) is 0 Å². The van der Waals surface area contributed by atoms with Gasteiger partial charge in [-0.05, 0) is 51.0 Å². The molecule has 21 heavy (non-hydrogen) atoms. The molecule has 0 bridgehead atoms. The summed E-state index contributed by atoms with van der Waals surface area (Å²) in [5, 5.41) is 5.51. The highest BCUT2D eigenvalue weighted by atomic mass is 35.5. The van der Waals surface area contributed by atoms with E-state index >= 15 is 0 Å². The molecule has 1 N–H and O–H groups in total. The summed E-state index contributed by atoms with van der Waals surface area (Å²) in [5.41, 5.74) is 2.02. The molecular weight excluding hydrogens is 282 g/mol. The van der Waals surface area contributed by atoms with Crippen molar-refractivity contribution in [2.75, 3.05) is 18.4 Å². The molecule has 3 rings (SSSR count). The maximum absolute atomic E-state index is 6.23. The Kier molecular flexibility index (Phi) is 4.32. The number of nitrogens with zero attached hydrogens (tertiary/aromatic N) is 2. The minimum absolute atomic E-state index is 0.532. The lowest BCUT2D eigenvalue weighted by Crippen LogP contribution is -2.42. The molecule has 0 unspecified atom stereocenters. The van der Waals surface area contributed by atoms with Gasteiger partial charge in [0.2, 0.25) is 0 Å². The van der Waals surface area contributed by atoms with Gasteiger partial charge in [-0.25, -0.2) is 0 Å². The maximum atomic E-state index is 6.23. The number of rotatable bonds is 3. The Bertz CT molecular complexity index is 618. The van der Waals surface area contributed by atoms with E-state index in [2.05, 4.69) is 41.2 Å². The van der Waals surface area contributed by atoms with Crippen molar-refractivity contribution in [3.8, 4) is 0 Å². The van der Waals surface area contributed by atoms with Crippen LogP contribution in [0.1, 0.15) is 26.7 Å². The molecule has 1 fully saturated rings. The molecule has 1 aliphatic rings. The monoisotopic (exact) mass is 303 g/mol. The van der Waals surface area contributed by atoms with Crippen molar-refractivity contribution in [1.29, 1.82) is 0 Å². The Labute approximate surface area is 131 Å². The largest absolute Gasteiger partial charge is 0.382 e. The van der Waals surface area contributed by atoms with Gasteiger partial charge < -0.3 is 10.2 Å². The fourth-order valence-electron chi connectivity index (χ4n) is 3.04. The second-order valence-electron chi connectivity index (χ2n) is 6.04. The van der Waals surface area contributed by atoms with Crippen molar-refractivity contribution < 1.29 is 0 Å². The first-order valence-corrected chi connectivity index (χ1v) is 8.07. The van der Waals surface area contributed by atoms with E-state index in [4.69, 9.17) is 11.6 Å². The Balaban J connectivity index is 1.76. The zero-order chi connectivity index (χ0) is 14.8. The highest BCUT2D eigenvalue weighted by Crippen LogP contribution is 2.29. The van der Waals surface area contributed by atoms with E-state index in [1.54, 1.807) is 6.20 Å². The highest BCUT2D eigenvalue weighted by molar-refractivity contribution is 6.35. The van der Waals surface area contributed by atoms with E-state index in [-0.39, 0.29) is 0 Å². The molecule has 0 atom stereocenters. The topological polar surface area (TPSA) is 28.2 Å². The van der Waals surface area contributed by atoms with Crippen LogP contribution in [0.4, 0.5) is 5.69 Å². The molecule has 0 saturated carbocycles. The lowest BCUT2D eigenvalue weighted by Gasteiger charge is -2.35. The standard InChI is InChI=1S/C17H22ClN3/c1-12(2)21-10-7-13(8-11-21)20-16-6-5-15(18)17-14(16)4-3-9-19-17/h3-6,9,12-13,20H,7-8,10-11H2,1-2H3. The van der Waals surface area contributed by atoms with Crippen LogP contribution in [-0.2, 0) is 0 Å². The average molecular weight is 304 g/mol. The molecule has 112 valence electrons. The first-order valence-electron chi connectivity index (χ1n) is 7.69. The molecule has 1 aromatic carbocycles. The fraction of sp³-hybridized carbons (Fsp3) is 0.471. The van der Waals surface area contributed by atoms with Gasteiger partial charge in [0.1, 0.15) is 0 Å². The van der Waals surface area contributed by atoms with Gasteiger partial charge in [-0.2, -0.15) is 0 Å². The Morgan fingerprint density at radius 3 is 2.71 bits per heavy atom. The molecule has 0 amide bonds. The van der Waals surface area contributed by atoms with Crippen LogP contribution in [-0.4, -0.2) is 35.1 Å². The molecule has 3 nitrogen and oxygen atoms in total. The molecule has 1 aliphatic heterocycles. The van der Waals surface area contributed by atoms with Crippen LogP contribution in [0.25, 0.3) is 10.9 Å². The normalized spacial score (nSPS) is 17.5. The molecule has 2 heterocycles. The fourth-order valence-corrected chi connectivity index (χ4v) is 3.26. The number of benzene rings is 1. The first-order chi connectivity index (χ1) is 10.1. The maximum Gasteiger partial charge on any atom is 0.0908 e. The van der Waals surface area contributed by atoms with Gasteiger partial charge in [-0.15, -0.1) is 0 Å². The first kappa shape index (κ1) is 14.6. The third kappa shape index (κ3) is 3.14. The Hall–Kier alpha value is -1.32. The van der Waals surface area contributed by atoms with E-state index in [0.717, 1.165) is 16.6 Å². The van der Waals surface area contributed by atoms with Gasteiger partial charge in [0.25, 0.3) is 0 Å². The van der Waals surface area contributed by atoms with Crippen molar-refractivity contribution in [3.63, 3.8) is 0 Å². The molecule has 2 aromatic rings. The zero-order valence-corrected chi connectivity index (χ0v) is 13.4.